The highest BCUT2D eigenvalue weighted by Crippen LogP contribution is 2.41. The van der Waals surface area contributed by atoms with Crippen molar-refractivity contribution in [2.45, 2.75) is 94.5 Å². The summed E-state index contributed by atoms with van der Waals surface area (Å²) in [5.41, 5.74) is 6.18. The Labute approximate surface area is 459 Å². The largest absolute Gasteiger partial charge is 0.493 e. The summed E-state index contributed by atoms with van der Waals surface area (Å²) in [6.07, 6.45) is 9.65. The van der Waals surface area contributed by atoms with Crippen LogP contribution in [0.1, 0.15) is 127 Å². The lowest BCUT2D eigenvalue weighted by molar-refractivity contribution is 0.0916. The molecule has 2 saturated heterocycles. The summed E-state index contributed by atoms with van der Waals surface area (Å²) in [4.78, 5) is 52.1. The van der Waals surface area contributed by atoms with E-state index in [4.69, 9.17) is 29.5 Å². The molecule has 0 saturated carbocycles. The number of fused-ring (bicyclic) bond motifs is 2. The van der Waals surface area contributed by atoms with Crippen molar-refractivity contribution in [3.63, 3.8) is 0 Å². The Kier molecular flexibility index (Phi) is 14.3. The van der Waals surface area contributed by atoms with Gasteiger partial charge < -0.3 is 35.6 Å². The first-order valence-corrected chi connectivity index (χ1v) is 27.6. The number of pyridine rings is 2. The van der Waals surface area contributed by atoms with Crippen molar-refractivity contribution in [2.24, 2.45) is 0 Å². The number of para-hydroxylation sites is 2. The standard InChI is InChI=1S/C61H66N14O4/c1-39(2)74-30-23-60(24-31-74,68-45-12-8-10-43(36-45)56(76)64-49-21-34-78-52-16-6-4-14-47(49)52)59-67-55(71-73-59)42-20-29-63-51(38-42)40(3)75-32-25-61(26-33-75,58-66-54(70-72-58)41-18-27-62-28-19-41)69-46-13-9-11-44(37-46)57(77)65-50-22-35-79-53-17-7-5-15-48(50)53/h4-20,27-29,36-40,49-50,68-69H,21-26,30-35H2,1-3H3,(H,64,76)(H,65,77)(H,66,70,72)(H,67,71,73)/t40?,49-,50-/m0/s1. The van der Waals surface area contributed by atoms with Crippen LogP contribution < -0.4 is 30.7 Å². The van der Waals surface area contributed by atoms with E-state index in [0.29, 0.717) is 80.8 Å². The predicted octanol–water partition coefficient (Wildman–Crippen LogP) is 9.53. The molecule has 2 amide bonds. The maximum absolute atomic E-state index is 13.9. The van der Waals surface area contributed by atoms with Gasteiger partial charge in [-0.2, -0.15) is 10.2 Å². The number of amides is 2. The smallest absolute Gasteiger partial charge is 0.251 e. The van der Waals surface area contributed by atoms with Crippen LogP contribution in [0.2, 0.25) is 0 Å². The number of nitrogens with one attached hydrogen (secondary N) is 6. The first kappa shape index (κ1) is 51.3. The maximum Gasteiger partial charge on any atom is 0.251 e. The molecule has 404 valence electrons. The zero-order valence-corrected chi connectivity index (χ0v) is 44.8. The first-order chi connectivity index (χ1) is 38.6. The highest BCUT2D eigenvalue weighted by atomic mass is 16.5. The molecule has 3 atom stereocenters. The van der Waals surface area contributed by atoms with Crippen molar-refractivity contribution in [3.8, 4) is 34.3 Å². The first-order valence-electron chi connectivity index (χ1n) is 27.6. The van der Waals surface area contributed by atoms with Gasteiger partial charge in [0.2, 0.25) is 0 Å². The van der Waals surface area contributed by atoms with E-state index in [1.54, 1.807) is 12.4 Å². The van der Waals surface area contributed by atoms with E-state index in [0.717, 1.165) is 88.4 Å². The number of carbonyl (C=O) groups excluding carboxylic acids is 2. The summed E-state index contributed by atoms with van der Waals surface area (Å²) in [5, 5.41) is 30.5. The summed E-state index contributed by atoms with van der Waals surface area (Å²) >= 11 is 0. The molecule has 0 spiro atoms. The normalized spacial score (nSPS) is 19.2. The lowest BCUT2D eigenvalue weighted by Crippen LogP contribution is -2.49. The van der Waals surface area contributed by atoms with Crippen molar-refractivity contribution in [1.29, 1.82) is 0 Å². The Balaban J connectivity index is 0.759. The third-order valence-corrected chi connectivity index (χ3v) is 16.4. The molecule has 4 aromatic heterocycles. The highest BCUT2D eigenvalue weighted by Gasteiger charge is 2.42. The molecular weight excluding hydrogens is 993 g/mol. The number of carbonyl (C=O) groups is 2. The van der Waals surface area contributed by atoms with Gasteiger partial charge >= 0.3 is 0 Å². The minimum absolute atomic E-state index is 0.0418. The highest BCUT2D eigenvalue weighted by molar-refractivity contribution is 5.96. The average molecular weight is 1060 g/mol. The van der Waals surface area contributed by atoms with Gasteiger partial charge in [0, 0.05) is 114 Å². The number of likely N-dealkylation sites (tertiary alicyclic amines) is 2. The second kappa shape index (κ2) is 22.1. The summed E-state index contributed by atoms with van der Waals surface area (Å²) in [5.74, 6) is 3.99. The van der Waals surface area contributed by atoms with Crippen molar-refractivity contribution in [3.05, 3.63) is 180 Å². The second-order valence-electron chi connectivity index (χ2n) is 21.5. The van der Waals surface area contributed by atoms with Gasteiger partial charge in [-0.3, -0.25) is 34.7 Å². The molecule has 1 unspecified atom stereocenters. The van der Waals surface area contributed by atoms with Crippen LogP contribution in [0.15, 0.2) is 140 Å². The fraction of sp³-hybridized carbons (Fsp3) is 0.344. The summed E-state index contributed by atoms with van der Waals surface area (Å²) < 4.78 is 11.7. The molecule has 8 heterocycles. The number of anilines is 2. The average Bonchev–Trinajstić information content (AvgIpc) is 4.35. The number of aromatic amines is 2. The summed E-state index contributed by atoms with van der Waals surface area (Å²) in [6, 6.07) is 39.2. The molecule has 4 aliphatic rings. The number of rotatable bonds is 15. The lowest BCUT2D eigenvalue weighted by Gasteiger charge is -2.43. The number of benzene rings is 4. The minimum atomic E-state index is -0.644. The number of H-pyrrole nitrogens is 2. The van der Waals surface area contributed by atoms with E-state index in [2.05, 4.69) is 78.2 Å². The van der Waals surface area contributed by atoms with E-state index in [-0.39, 0.29) is 29.9 Å². The van der Waals surface area contributed by atoms with Crippen LogP contribution in [-0.2, 0) is 11.1 Å². The van der Waals surface area contributed by atoms with Gasteiger partial charge in [0.05, 0.1) is 42.1 Å². The van der Waals surface area contributed by atoms with Crippen LogP contribution in [-0.4, -0.2) is 107 Å². The van der Waals surface area contributed by atoms with E-state index in [9.17, 15) is 9.59 Å². The molecule has 4 aromatic carbocycles. The molecule has 2 fully saturated rings. The number of nitrogens with zero attached hydrogens (tertiary/aromatic N) is 8. The molecule has 18 nitrogen and oxygen atoms in total. The predicted molar refractivity (Wildman–Crippen MR) is 301 cm³/mol. The van der Waals surface area contributed by atoms with Gasteiger partial charge in [0.25, 0.3) is 11.8 Å². The molecule has 6 N–H and O–H groups in total. The molecule has 0 radical (unpaired) electrons. The number of piperidine rings is 2. The topological polar surface area (TPSA) is 216 Å². The van der Waals surface area contributed by atoms with Gasteiger partial charge in [0.1, 0.15) is 11.5 Å². The Hall–Kier alpha value is -8.48. The van der Waals surface area contributed by atoms with E-state index in [1.165, 1.54) is 0 Å². The molecule has 0 aliphatic carbocycles. The fourth-order valence-electron chi connectivity index (χ4n) is 11.8. The fourth-order valence-corrected chi connectivity index (χ4v) is 11.8. The molecule has 0 bridgehead atoms. The quantitative estimate of drug-likeness (QED) is 0.0564. The monoisotopic (exact) mass is 1060 g/mol. The third-order valence-electron chi connectivity index (χ3n) is 16.4. The van der Waals surface area contributed by atoms with Crippen LogP contribution in [0.3, 0.4) is 0 Å². The van der Waals surface area contributed by atoms with E-state index in [1.807, 2.05) is 121 Å². The van der Waals surface area contributed by atoms with Crippen LogP contribution in [0, 0.1) is 0 Å². The van der Waals surface area contributed by atoms with E-state index >= 15 is 0 Å². The zero-order chi connectivity index (χ0) is 53.9. The van der Waals surface area contributed by atoms with Crippen LogP contribution in [0.4, 0.5) is 11.4 Å². The van der Waals surface area contributed by atoms with Crippen LogP contribution >= 0.6 is 0 Å². The van der Waals surface area contributed by atoms with Crippen molar-refractivity contribution in [1.82, 2.24) is 60.8 Å². The van der Waals surface area contributed by atoms with Crippen molar-refractivity contribution in [2.75, 3.05) is 50.0 Å². The number of hydrogen-bond acceptors (Lipinski definition) is 14. The molecule has 12 rings (SSSR count). The van der Waals surface area contributed by atoms with Crippen molar-refractivity contribution >= 4 is 23.2 Å². The van der Waals surface area contributed by atoms with Gasteiger partial charge in [-0.05, 0) is 119 Å². The van der Waals surface area contributed by atoms with Crippen LogP contribution in [0.25, 0.3) is 22.8 Å². The summed E-state index contributed by atoms with van der Waals surface area (Å²) in [6.45, 7) is 10.9. The van der Waals surface area contributed by atoms with Crippen LogP contribution in [0.5, 0.6) is 11.5 Å². The minimum Gasteiger partial charge on any atom is -0.493 e. The molecule has 18 heteroatoms. The molecular formula is C61H66N14O4. The lowest BCUT2D eigenvalue weighted by atomic mass is 9.85. The Morgan fingerprint density at radius 2 is 1.08 bits per heavy atom. The Morgan fingerprint density at radius 1 is 0.582 bits per heavy atom. The molecule has 79 heavy (non-hydrogen) atoms. The number of hydrogen-bond donors (Lipinski definition) is 6. The van der Waals surface area contributed by atoms with Crippen molar-refractivity contribution < 1.29 is 19.1 Å². The van der Waals surface area contributed by atoms with Gasteiger partial charge in [0.15, 0.2) is 23.3 Å². The number of aromatic nitrogens is 8. The zero-order valence-electron chi connectivity index (χ0n) is 44.8. The third kappa shape index (κ3) is 10.8. The summed E-state index contributed by atoms with van der Waals surface area (Å²) in [7, 11) is 0. The van der Waals surface area contributed by atoms with Gasteiger partial charge in [-0.15, -0.1) is 0 Å². The Morgan fingerprint density at radius 3 is 1.61 bits per heavy atom. The van der Waals surface area contributed by atoms with Gasteiger partial charge in [-0.1, -0.05) is 48.5 Å². The van der Waals surface area contributed by atoms with Gasteiger partial charge in [-0.25, -0.2) is 9.97 Å². The van der Waals surface area contributed by atoms with E-state index < -0.39 is 11.1 Å². The number of ether oxygens (including phenoxy) is 2. The Bertz CT molecular complexity index is 3440. The maximum atomic E-state index is 13.9. The molecule has 8 aromatic rings. The SMILES string of the molecule is CC(C)N1CCC(Nc2cccc(C(=O)N[C@H]3CCOc4ccccc43)c2)(c2nc(-c3ccnc(C(C)N4CCC(Nc5cccc(C(=O)N[C@H]6CCOc7ccccc76)c5)(c5nc(-c6ccncc6)n[nH]5)CC4)c3)n[nH]2)CC1. The molecule has 4 aliphatic heterocycles. The second-order valence-corrected chi connectivity index (χ2v) is 21.5.